The summed E-state index contributed by atoms with van der Waals surface area (Å²) < 4.78 is 12.1. The third-order valence-electron chi connectivity index (χ3n) is 4.70. The Bertz CT molecular complexity index is 1320. The Kier molecular flexibility index (Phi) is 4.71. The topological polar surface area (TPSA) is 125 Å². The van der Waals surface area contributed by atoms with E-state index >= 15 is 0 Å². The molecule has 0 bridgehead atoms. The van der Waals surface area contributed by atoms with Gasteiger partial charge in [-0.2, -0.15) is 0 Å². The Labute approximate surface area is 171 Å². The lowest BCUT2D eigenvalue weighted by molar-refractivity contribution is 0.0997. The number of carbonyl (C=O) groups excluding carboxylic acids is 1. The van der Waals surface area contributed by atoms with Crippen molar-refractivity contribution in [3.05, 3.63) is 64.2 Å². The second-order valence-electron chi connectivity index (χ2n) is 6.60. The van der Waals surface area contributed by atoms with Crippen molar-refractivity contribution in [1.29, 1.82) is 0 Å². The van der Waals surface area contributed by atoms with E-state index < -0.39 is 11.6 Å². The summed E-state index contributed by atoms with van der Waals surface area (Å²) >= 11 is 0. The minimum Gasteiger partial charge on any atom is -0.493 e. The Morgan fingerprint density at radius 1 is 1.07 bits per heavy atom. The van der Waals surface area contributed by atoms with Crippen molar-refractivity contribution in [2.75, 3.05) is 14.2 Å². The van der Waals surface area contributed by atoms with Gasteiger partial charge in [-0.25, -0.2) is 19.3 Å². The van der Waals surface area contributed by atoms with Crippen LogP contribution in [0.4, 0.5) is 0 Å². The summed E-state index contributed by atoms with van der Waals surface area (Å²) in [6.45, 7) is 1.96. The first-order valence-electron chi connectivity index (χ1n) is 9.05. The number of aryl methyl sites for hydroxylation is 1. The van der Waals surface area contributed by atoms with Gasteiger partial charge in [0.1, 0.15) is 5.52 Å². The van der Waals surface area contributed by atoms with Crippen molar-refractivity contribution in [3.8, 4) is 28.6 Å². The number of imidazole rings is 1. The van der Waals surface area contributed by atoms with Gasteiger partial charge in [-0.1, -0.05) is 35.9 Å². The number of nitrogens with one attached hydrogen (secondary N) is 1. The molecule has 0 saturated heterocycles. The number of ether oxygens (including phenoxy) is 2. The maximum Gasteiger partial charge on any atom is 0.332 e. The third kappa shape index (κ3) is 3.06. The van der Waals surface area contributed by atoms with Crippen LogP contribution < -0.4 is 20.9 Å². The third-order valence-corrected chi connectivity index (χ3v) is 4.70. The van der Waals surface area contributed by atoms with E-state index in [0.717, 1.165) is 5.56 Å². The van der Waals surface area contributed by atoms with Gasteiger partial charge in [-0.15, -0.1) is 0 Å². The van der Waals surface area contributed by atoms with Crippen LogP contribution in [0.25, 0.3) is 28.2 Å². The van der Waals surface area contributed by atoms with Crippen molar-refractivity contribution in [2.24, 2.45) is 5.73 Å². The van der Waals surface area contributed by atoms with Crippen molar-refractivity contribution >= 4 is 17.1 Å². The number of para-hydroxylation sites is 1. The van der Waals surface area contributed by atoms with Gasteiger partial charge < -0.3 is 20.2 Å². The number of hydrogen-bond donors (Lipinski definition) is 2. The number of carbonyl (C=O) groups is 1. The number of methoxy groups -OCH3 is 2. The predicted octanol–water partition coefficient (Wildman–Crippen LogP) is 2.20. The molecule has 0 unspecified atom stereocenters. The number of benzene rings is 2. The Balaban J connectivity index is 2.08. The van der Waals surface area contributed by atoms with E-state index in [0.29, 0.717) is 22.7 Å². The molecule has 4 aromatic rings. The maximum absolute atomic E-state index is 12.9. The molecule has 4 rings (SSSR count). The van der Waals surface area contributed by atoms with E-state index in [1.165, 1.54) is 18.8 Å². The maximum atomic E-state index is 12.9. The second kappa shape index (κ2) is 7.36. The van der Waals surface area contributed by atoms with E-state index in [4.69, 9.17) is 15.2 Å². The lowest BCUT2D eigenvalue weighted by Gasteiger charge is -2.13. The van der Waals surface area contributed by atoms with Gasteiger partial charge >= 0.3 is 5.69 Å². The summed E-state index contributed by atoms with van der Waals surface area (Å²) in [6.07, 6.45) is 0. The highest BCUT2D eigenvalue weighted by Gasteiger charge is 2.22. The summed E-state index contributed by atoms with van der Waals surface area (Å²) in [5.74, 6) is 0.283. The van der Waals surface area contributed by atoms with Gasteiger partial charge in [0, 0.05) is 5.56 Å². The van der Waals surface area contributed by atoms with Crippen molar-refractivity contribution in [2.45, 2.75) is 6.92 Å². The lowest BCUT2D eigenvalue weighted by atomic mass is 10.1. The van der Waals surface area contributed by atoms with Crippen LogP contribution in [-0.4, -0.2) is 39.6 Å². The summed E-state index contributed by atoms with van der Waals surface area (Å²) in [6, 6.07) is 12.6. The van der Waals surface area contributed by atoms with Crippen molar-refractivity contribution in [3.63, 3.8) is 0 Å². The predicted molar refractivity (Wildman–Crippen MR) is 111 cm³/mol. The molecular weight excluding hydrogens is 386 g/mol. The standard InChI is InChI=1S/C21H19N5O4/c1-11-7-9-12(10-8-11)19-23-15(18(22)27)16-20(25-19)26(21(28)24-16)13-5-4-6-14(29-2)17(13)30-3/h4-10H,1-3H3,(H2,22,27)(H,24,28). The van der Waals surface area contributed by atoms with E-state index in [2.05, 4.69) is 15.0 Å². The molecule has 30 heavy (non-hydrogen) atoms. The van der Waals surface area contributed by atoms with Gasteiger partial charge in [-0.3, -0.25) is 4.79 Å². The first kappa shape index (κ1) is 19.2. The second-order valence-corrected chi connectivity index (χ2v) is 6.60. The number of aromatic amines is 1. The lowest BCUT2D eigenvalue weighted by Crippen LogP contribution is -2.16. The highest BCUT2D eigenvalue weighted by molar-refractivity contribution is 6.02. The largest absolute Gasteiger partial charge is 0.493 e. The first-order valence-corrected chi connectivity index (χ1v) is 9.05. The molecule has 1 amide bonds. The summed E-state index contributed by atoms with van der Waals surface area (Å²) in [7, 11) is 2.98. The summed E-state index contributed by atoms with van der Waals surface area (Å²) in [5.41, 5.74) is 7.44. The molecule has 0 spiro atoms. The molecule has 0 saturated carbocycles. The number of primary amides is 1. The number of H-pyrrole nitrogens is 1. The molecule has 0 radical (unpaired) electrons. The highest BCUT2D eigenvalue weighted by Crippen LogP contribution is 2.34. The zero-order valence-electron chi connectivity index (χ0n) is 16.6. The molecule has 0 aliphatic carbocycles. The number of amides is 1. The molecule has 2 aromatic heterocycles. The van der Waals surface area contributed by atoms with E-state index in [1.807, 2.05) is 31.2 Å². The van der Waals surface area contributed by atoms with Gasteiger partial charge in [0.2, 0.25) is 0 Å². The monoisotopic (exact) mass is 405 g/mol. The Hall–Kier alpha value is -4.14. The average Bonchev–Trinajstić information content (AvgIpc) is 3.08. The van der Waals surface area contributed by atoms with Gasteiger partial charge in [0.15, 0.2) is 28.7 Å². The van der Waals surface area contributed by atoms with E-state index in [9.17, 15) is 9.59 Å². The van der Waals surface area contributed by atoms with Crippen LogP contribution in [0.5, 0.6) is 11.5 Å². The fraction of sp³-hybridized carbons (Fsp3) is 0.143. The quantitative estimate of drug-likeness (QED) is 0.524. The Morgan fingerprint density at radius 2 is 1.80 bits per heavy atom. The molecular formula is C21H19N5O4. The summed E-state index contributed by atoms with van der Waals surface area (Å²) in [5, 5.41) is 0. The fourth-order valence-electron chi connectivity index (χ4n) is 3.26. The molecule has 0 aliphatic heterocycles. The first-order chi connectivity index (χ1) is 14.4. The molecule has 0 aliphatic rings. The SMILES string of the molecule is COc1cccc(-n2c(=O)[nH]c3c(C(N)=O)nc(-c4ccc(C)cc4)nc32)c1OC. The van der Waals surface area contributed by atoms with Crippen LogP contribution in [0.2, 0.25) is 0 Å². The number of aromatic nitrogens is 4. The average molecular weight is 405 g/mol. The smallest absolute Gasteiger partial charge is 0.332 e. The van der Waals surface area contributed by atoms with Gasteiger partial charge in [0.05, 0.1) is 19.9 Å². The number of nitrogens with two attached hydrogens (primary N) is 1. The Morgan fingerprint density at radius 3 is 2.43 bits per heavy atom. The molecule has 2 aromatic carbocycles. The normalized spacial score (nSPS) is 10.9. The molecule has 3 N–H and O–H groups in total. The van der Waals surface area contributed by atoms with Crippen LogP contribution in [0.3, 0.4) is 0 Å². The molecule has 0 fully saturated rings. The molecule has 0 atom stereocenters. The zero-order valence-corrected chi connectivity index (χ0v) is 16.6. The molecule has 9 heteroatoms. The van der Waals surface area contributed by atoms with Crippen LogP contribution in [0, 0.1) is 6.92 Å². The van der Waals surface area contributed by atoms with Crippen LogP contribution in [-0.2, 0) is 0 Å². The number of nitrogens with zero attached hydrogens (tertiary/aromatic N) is 3. The minimum atomic E-state index is -0.776. The van der Waals surface area contributed by atoms with Crippen LogP contribution in [0.15, 0.2) is 47.3 Å². The van der Waals surface area contributed by atoms with Crippen LogP contribution >= 0.6 is 0 Å². The summed E-state index contributed by atoms with van der Waals surface area (Å²) in [4.78, 5) is 36.5. The van der Waals surface area contributed by atoms with Gasteiger partial charge in [-0.05, 0) is 19.1 Å². The number of rotatable bonds is 5. The van der Waals surface area contributed by atoms with Crippen LogP contribution in [0.1, 0.15) is 16.1 Å². The van der Waals surface area contributed by atoms with Crippen molar-refractivity contribution in [1.82, 2.24) is 19.5 Å². The molecule has 152 valence electrons. The number of hydrogen-bond acceptors (Lipinski definition) is 6. The van der Waals surface area contributed by atoms with Crippen molar-refractivity contribution < 1.29 is 14.3 Å². The van der Waals surface area contributed by atoms with E-state index in [1.54, 1.807) is 18.2 Å². The number of fused-ring (bicyclic) bond motifs is 1. The van der Waals surface area contributed by atoms with E-state index in [-0.39, 0.29) is 22.7 Å². The minimum absolute atomic E-state index is 0.0757. The molecule has 9 nitrogen and oxygen atoms in total. The fourth-order valence-corrected chi connectivity index (χ4v) is 3.26. The highest BCUT2D eigenvalue weighted by atomic mass is 16.5. The van der Waals surface area contributed by atoms with Gasteiger partial charge in [0.25, 0.3) is 5.91 Å². The molecule has 2 heterocycles. The zero-order chi connectivity index (χ0) is 21.4.